The summed E-state index contributed by atoms with van der Waals surface area (Å²) in [5.41, 5.74) is -0.587. The number of nitro benzene ring substituents is 1. The summed E-state index contributed by atoms with van der Waals surface area (Å²) in [4.78, 5) is 81.3. The maximum Gasteiger partial charge on any atom is 0.347 e. The normalized spacial score (nSPS) is 10.7. The number of aryl methyl sites for hydroxylation is 1. The summed E-state index contributed by atoms with van der Waals surface area (Å²) in [6.45, 7) is 1.08. The van der Waals surface area contributed by atoms with Crippen LogP contribution in [0.5, 0.6) is 17.5 Å². The first-order chi connectivity index (χ1) is 26.1. The number of halogens is 2. The van der Waals surface area contributed by atoms with Gasteiger partial charge in [-0.3, -0.25) is 30.1 Å². The molecule has 23 nitrogen and oxygen atoms in total. The van der Waals surface area contributed by atoms with Crippen LogP contribution >= 0.6 is 42.1 Å². The van der Waals surface area contributed by atoms with E-state index in [0.717, 1.165) is 30.6 Å². The lowest BCUT2D eigenvalue weighted by Gasteiger charge is -2.09. The summed E-state index contributed by atoms with van der Waals surface area (Å²) in [5.74, 6) is -2.87. The zero-order chi connectivity index (χ0) is 42.4. The van der Waals surface area contributed by atoms with Crippen molar-refractivity contribution in [3.05, 3.63) is 84.3 Å². The van der Waals surface area contributed by atoms with Gasteiger partial charge in [-0.25, -0.2) is 27.5 Å². The molecular weight excluding hydrogens is 856 g/mol. The van der Waals surface area contributed by atoms with E-state index in [-0.39, 0.29) is 39.8 Å². The van der Waals surface area contributed by atoms with Crippen molar-refractivity contribution < 1.29 is 71.3 Å². The van der Waals surface area contributed by atoms with Crippen LogP contribution in [0.15, 0.2) is 52.7 Å². The number of aromatic nitrogens is 3. The van der Waals surface area contributed by atoms with Gasteiger partial charge >= 0.3 is 37.5 Å². The number of nitrogens with one attached hydrogen (secondary N) is 3. The molecule has 0 radical (unpaired) electrons. The molecule has 0 fully saturated rings. The molecule has 0 saturated carbocycles. The Hall–Kier alpha value is -5.53. The highest BCUT2D eigenvalue weighted by Crippen LogP contribution is 2.34. The van der Waals surface area contributed by atoms with Gasteiger partial charge in [0.25, 0.3) is 15.7 Å². The van der Waals surface area contributed by atoms with Gasteiger partial charge in [0, 0.05) is 17.2 Å². The second-order valence-corrected chi connectivity index (χ2v) is 15.0. The lowest BCUT2D eigenvalue weighted by molar-refractivity contribution is -0.385. The SMILES string of the molecule is COC(=O)c1cc(Oc2ccc(Cl)cc2Cl)ccc1[N+](=O)[O-].COc1nc(C)nc(NC(=O)NS(=O)(=O)c2ccsc2C(=O)O)n1.O=C(O)CNCP(=O)(O)O. The summed E-state index contributed by atoms with van der Waals surface area (Å²) >= 11 is 12.5. The number of carbonyl (C=O) groups excluding carboxylic acids is 2. The van der Waals surface area contributed by atoms with Gasteiger partial charge in [0.05, 0.1) is 37.0 Å². The zero-order valence-electron chi connectivity index (χ0n) is 28.5. The van der Waals surface area contributed by atoms with Gasteiger partial charge in [-0.1, -0.05) is 23.2 Å². The van der Waals surface area contributed by atoms with Crippen molar-refractivity contribution in [3.8, 4) is 17.5 Å². The van der Waals surface area contributed by atoms with Crippen LogP contribution in [0, 0.1) is 17.0 Å². The number of thiophene rings is 1. The number of carbonyl (C=O) groups is 4. The summed E-state index contributed by atoms with van der Waals surface area (Å²) in [6.07, 6.45) is -0.598. The van der Waals surface area contributed by atoms with E-state index in [1.54, 1.807) is 16.9 Å². The minimum atomic E-state index is -4.37. The predicted octanol–water partition coefficient (Wildman–Crippen LogP) is 3.74. The second-order valence-electron chi connectivity index (χ2n) is 9.92. The van der Waals surface area contributed by atoms with Gasteiger partial charge in [-0.2, -0.15) is 15.0 Å². The third kappa shape index (κ3) is 15.3. The number of ether oxygens (including phenoxy) is 3. The van der Waals surface area contributed by atoms with Gasteiger partial charge in [-0.15, -0.1) is 11.3 Å². The average molecular weight is 885 g/mol. The van der Waals surface area contributed by atoms with Gasteiger partial charge in [-0.05, 0) is 42.6 Å². The van der Waals surface area contributed by atoms with Crippen molar-refractivity contribution in [2.75, 3.05) is 32.4 Å². The number of rotatable bonds is 13. The number of anilines is 1. The van der Waals surface area contributed by atoms with E-state index in [1.165, 1.54) is 37.6 Å². The minimum absolute atomic E-state index is 0.0633. The van der Waals surface area contributed by atoms with Crippen LogP contribution < -0.4 is 24.8 Å². The quantitative estimate of drug-likeness (QED) is 0.0435. The molecule has 2 aromatic carbocycles. The fraction of sp³-hybridized carbons (Fsp3) is 0.179. The Kier molecular flexibility index (Phi) is 17.4. The average Bonchev–Trinajstić information content (AvgIpc) is 3.60. The van der Waals surface area contributed by atoms with E-state index in [9.17, 15) is 42.3 Å². The number of hydrogen-bond donors (Lipinski definition) is 7. The Morgan fingerprint density at radius 2 is 1.70 bits per heavy atom. The molecule has 0 saturated heterocycles. The molecule has 0 aliphatic carbocycles. The molecule has 2 aromatic heterocycles. The molecule has 0 aliphatic rings. The number of hydrogen-bond acceptors (Lipinski definition) is 17. The fourth-order valence-corrected chi connectivity index (χ4v) is 6.60. The van der Waals surface area contributed by atoms with Crippen LogP contribution in [0.4, 0.5) is 16.4 Å². The van der Waals surface area contributed by atoms with Crippen LogP contribution in [0.2, 0.25) is 10.0 Å². The number of aromatic carboxylic acids is 1. The Balaban J connectivity index is 0.000000314. The molecule has 0 spiro atoms. The number of nitro groups is 1. The van der Waals surface area contributed by atoms with E-state index in [1.807, 2.05) is 0 Å². The molecule has 2 heterocycles. The van der Waals surface area contributed by atoms with Crippen molar-refractivity contribution >= 4 is 87.7 Å². The second kappa shape index (κ2) is 21.0. The Morgan fingerprint density at radius 3 is 2.25 bits per heavy atom. The molecule has 2 amide bonds. The molecule has 4 aromatic rings. The molecular formula is C28H28Cl2N7O16PS2. The number of carboxylic acid groups (broad SMARTS) is 2. The fourth-order valence-electron chi connectivity index (χ4n) is 3.58. The van der Waals surface area contributed by atoms with Crippen LogP contribution in [-0.2, 0) is 24.1 Å². The predicted molar refractivity (Wildman–Crippen MR) is 195 cm³/mol. The minimum Gasteiger partial charge on any atom is -0.480 e. The maximum atomic E-state index is 12.1. The number of carboxylic acids is 2. The first kappa shape index (κ1) is 46.6. The first-order valence-corrected chi connectivity index (χ1v) is 19.4. The van der Waals surface area contributed by atoms with E-state index < -0.39 is 69.1 Å². The molecule has 0 unspecified atom stereocenters. The largest absolute Gasteiger partial charge is 0.480 e. The lowest BCUT2D eigenvalue weighted by atomic mass is 10.1. The Morgan fingerprint density at radius 1 is 1.02 bits per heavy atom. The number of benzene rings is 2. The first-order valence-electron chi connectivity index (χ1n) is 14.4. The Labute approximate surface area is 328 Å². The van der Waals surface area contributed by atoms with Gasteiger partial charge < -0.3 is 34.2 Å². The highest BCUT2D eigenvalue weighted by atomic mass is 35.5. The molecule has 56 heavy (non-hydrogen) atoms. The summed E-state index contributed by atoms with van der Waals surface area (Å²) in [6, 6.07) is 8.21. The number of urea groups is 1. The summed E-state index contributed by atoms with van der Waals surface area (Å²) in [7, 11) is -6.02. The number of sulfonamides is 1. The molecule has 0 aliphatic heterocycles. The monoisotopic (exact) mass is 883 g/mol. The van der Waals surface area contributed by atoms with Crippen molar-refractivity contribution in [1.29, 1.82) is 0 Å². The van der Waals surface area contributed by atoms with Crippen molar-refractivity contribution in [2.24, 2.45) is 0 Å². The van der Waals surface area contributed by atoms with Crippen molar-refractivity contribution in [2.45, 2.75) is 11.8 Å². The highest BCUT2D eigenvalue weighted by molar-refractivity contribution is 7.90. The molecule has 0 atom stereocenters. The van der Waals surface area contributed by atoms with E-state index >= 15 is 0 Å². The third-order valence-electron chi connectivity index (χ3n) is 5.76. The van der Waals surface area contributed by atoms with E-state index in [0.29, 0.717) is 10.8 Å². The van der Waals surface area contributed by atoms with Crippen molar-refractivity contribution in [3.63, 3.8) is 0 Å². The zero-order valence-corrected chi connectivity index (χ0v) is 32.6. The number of esters is 1. The van der Waals surface area contributed by atoms with Gasteiger partial charge in [0.1, 0.15) is 32.7 Å². The number of methoxy groups -OCH3 is 2. The maximum absolute atomic E-state index is 12.1. The number of aliphatic carboxylic acids is 1. The molecule has 0 bridgehead atoms. The molecule has 28 heteroatoms. The van der Waals surface area contributed by atoms with Crippen LogP contribution in [0.25, 0.3) is 0 Å². The topological polar surface area (TPSA) is 346 Å². The summed E-state index contributed by atoms with van der Waals surface area (Å²) < 4.78 is 50.8. The molecule has 302 valence electrons. The van der Waals surface area contributed by atoms with Crippen LogP contribution in [0.1, 0.15) is 25.9 Å². The van der Waals surface area contributed by atoms with Crippen molar-refractivity contribution in [1.82, 2.24) is 25.0 Å². The van der Waals surface area contributed by atoms with Gasteiger partial charge in [0.15, 0.2) is 0 Å². The van der Waals surface area contributed by atoms with Gasteiger partial charge in [0.2, 0.25) is 5.95 Å². The smallest absolute Gasteiger partial charge is 0.347 e. The summed E-state index contributed by atoms with van der Waals surface area (Å²) in [5, 5.41) is 34.0. The lowest BCUT2D eigenvalue weighted by Crippen LogP contribution is -2.35. The Bertz CT molecular complexity index is 2260. The highest BCUT2D eigenvalue weighted by Gasteiger charge is 2.26. The van der Waals surface area contributed by atoms with Crippen LogP contribution in [-0.4, -0.2) is 99.3 Å². The third-order valence-corrected chi connectivity index (χ3v) is 9.33. The number of nitrogens with zero attached hydrogens (tertiary/aromatic N) is 4. The van der Waals surface area contributed by atoms with E-state index in [4.69, 9.17) is 52.7 Å². The van der Waals surface area contributed by atoms with Crippen LogP contribution in [0.3, 0.4) is 0 Å². The number of amides is 2. The standard InChI is InChI=1S/C14H9Cl2NO5.C11H11N5O6S2.C3H8NO5P/c1-21-14(18)10-7-9(3-4-12(10)17(19)20)22-13-5-2-8(15)6-11(13)16;1-5-12-9(15-11(13-5)22-2)14-10(19)16-24(20,21)6-3-4-23-7(6)8(17)18;5-3(6)1-4-2-10(7,8)9/h2-7H,1H3;3-4H,1-2H3,(H,17,18)(H2,12,13,14,15,16,19);4H,1-2H2,(H,5,6)(H2,7,8,9). The van der Waals surface area contributed by atoms with E-state index in [2.05, 4.69) is 30.3 Å². The molecule has 7 N–H and O–H groups in total. The molecule has 4 rings (SSSR count).